The van der Waals surface area contributed by atoms with Crippen LogP contribution in [0, 0.1) is 0 Å². The number of benzene rings is 1. The number of imidazole rings is 1. The number of nitrogens with one attached hydrogen (secondary N) is 1. The van der Waals surface area contributed by atoms with Gasteiger partial charge >= 0.3 is 5.69 Å². The highest BCUT2D eigenvalue weighted by Crippen LogP contribution is 2.24. The van der Waals surface area contributed by atoms with Gasteiger partial charge < -0.3 is 9.55 Å². The van der Waals surface area contributed by atoms with Gasteiger partial charge in [-0.3, -0.25) is 18.7 Å². The minimum absolute atomic E-state index is 0.141. The summed E-state index contributed by atoms with van der Waals surface area (Å²) in [5, 5.41) is 0.828. The van der Waals surface area contributed by atoms with Gasteiger partial charge in [0.2, 0.25) is 0 Å². The summed E-state index contributed by atoms with van der Waals surface area (Å²) in [5.41, 5.74) is 0.989. The Morgan fingerprint density at radius 3 is 2.65 bits per heavy atom. The molecule has 0 spiro atoms. The van der Waals surface area contributed by atoms with Gasteiger partial charge in [0, 0.05) is 36.8 Å². The van der Waals surface area contributed by atoms with Gasteiger partial charge in [0.05, 0.1) is 12.4 Å². The monoisotopic (exact) mass is 351 g/mol. The topological polar surface area (TPSA) is 94.7 Å². The van der Waals surface area contributed by atoms with Crippen LogP contribution >= 0.6 is 0 Å². The lowest BCUT2D eigenvalue weighted by Gasteiger charge is -2.13. The molecule has 0 saturated heterocycles. The number of aryl methyl sites for hydroxylation is 1. The van der Waals surface area contributed by atoms with E-state index in [1.165, 1.54) is 22.5 Å². The molecule has 0 aliphatic heterocycles. The summed E-state index contributed by atoms with van der Waals surface area (Å²) < 4.78 is 3.85. The summed E-state index contributed by atoms with van der Waals surface area (Å²) >= 11 is 0. The second-order valence-corrected chi connectivity index (χ2v) is 6.32. The van der Waals surface area contributed by atoms with E-state index in [0.29, 0.717) is 5.56 Å². The number of hydrogen-bond acceptors (Lipinski definition) is 4. The largest absolute Gasteiger partial charge is 0.360 e. The first-order valence-electron chi connectivity index (χ1n) is 8.14. The van der Waals surface area contributed by atoms with E-state index in [0.717, 1.165) is 15.5 Å². The molecule has 0 amide bonds. The molecule has 0 bridgehead atoms. The minimum atomic E-state index is -0.649. The fourth-order valence-corrected chi connectivity index (χ4v) is 3.28. The van der Waals surface area contributed by atoms with Crippen molar-refractivity contribution in [1.29, 1.82) is 0 Å². The maximum Gasteiger partial charge on any atom is 0.332 e. The lowest BCUT2D eigenvalue weighted by molar-refractivity contribution is 0.0938. The highest BCUT2D eigenvalue weighted by Gasteiger charge is 2.24. The van der Waals surface area contributed by atoms with Crippen molar-refractivity contribution in [3.05, 3.63) is 63.2 Å². The minimum Gasteiger partial charge on any atom is -0.360 e. The van der Waals surface area contributed by atoms with E-state index in [1.54, 1.807) is 20.2 Å². The molecule has 4 aromatic rings. The fraction of sp³-hybridized carbons (Fsp3) is 0.222. The van der Waals surface area contributed by atoms with Crippen LogP contribution in [0.15, 0.2) is 46.4 Å². The molecule has 132 valence electrons. The lowest BCUT2D eigenvalue weighted by atomic mass is 10.0. The molecular weight excluding hydrogens is 334 g/mol. The van der Waals surface area contributed by atoms with Crippen molar-refractivity contribution >= 4 is 27.9 Å². The van der Waals surface area contributed by atoms with E-state index < -0.39 is 17.3 Å². The third-order valence-electron chi connectivity index (χ3n) is 4.82. The Balaban J connectivity index is 1.89. The van der Waals surface area contributed by atoms with Gasteiger partial charge in [-0.1, -0.05) is 18.2 Å². The second kappa shape index (κ2) is 5.55. The molecule has 0 fully saturated rings. The van der Waals surface area contributed by atoms with E-state index >= 15 is 0 Å². The van der Waals surface area contributed by atoms with E-state index in [1.807, 2.05) is 24.3 Å². The molecule has 3 aromatic heterocycles. The number of Topliss-reactive ketones (excluding diaryl/α,β-unsaturated/α-hetero) is 1. The zero-order valence-electron chi connectivity index (χ0n) is 14.6. The summed E-state index contributed by atoms with van der Waals surface area (Å²) in [6, 6.07) is 6.89. The Morgan fingerprint density at radius 1 is 1.15 bits per heavy atom. The predicted molar refractivity (Wildman–Crippen MR) is 97.6 cm³/mol. The molecular formula is C18H17N5O3. The van der Waals surface area contributed by atoms with E-state index in [-0.39, 0.29) is 16.9 Å². The number of carbonyl (C=O) groups is 1. The number of aromatic nitrogens is 5. The van der Waals surface area contributed by atoms with Crippen LogP contribution in [-0.4, -0.2) is 29.5 Å². The molecule has 1 atom stereocenters. The van der Waals surface area contributed by atoms with Crippen LogP contribution in [0.25, 0.3) is 22.1 Å². The summed E-state index contributed by atoms with van der Waals surface area (Å²) in [5.74, 6) is -0.141. The zero-order chi connectivity index (χ0) is 18.6. The first kappa shape index (κ1) is 16.1. The molecule has 0 aliphatic carbocycles. The van der Waals surface area contributed by atoms with Gasteiger partial charge in [0.25, 0.3) is 5.56 Å². The van der Waals surface area contributed by atoms with Crippen LogP contribution in [-0.2, 0) is 14.1 Å². The average Bonchev–Trinajstić information content (AvgIpc) is 3.28. The predicted octanol–water partition coefficient (Wildman–Crippen LogP) is 1.36. The van der Waals surface area contributed by atoms with Gasteiger partial charge in [-0.05, 0) is 13.0 Å². The molecule has 0 saturated carbocycles. The van der Waals surface area contributed by atoms with Crippen LogP contribution in [0.2, 0.25) is 0 Å². The molecule has 0 aliphatic rings. The van der Waals surface area contributed by atoms with Gasteiger partial charge in [-0.25, -0.2) is 9.78 Å². The molecule has 4 rings (SSSR count). The summed E-state index contributed by atoms with van der Waals surface area (Å²) in [6.45, 7) is 1.72. The molecule has 1 unspecified atom stereocenters. The number of fused-ring (bicyclic) bond motifs is 2. The molecule has 26 heavy (non-hydrogen) atoms. The molecule has 3 heterocycles. The van der Waals surface area contributed by atoms with Gasteiger partial charge in [0.1, 0.15) is 0 Å². The van der Waals surface area contributed by atoms with Crippen LogP contribution in [0.1, 0.15) is 23.3 Å². The summed E-state index contributed by atoms with van der Waals surface area (Å²) in [6.07, 6.45) is 3.11. The van der Waals surface area contributed by atoms with Gasteiger partial charge in [-0.15, -0.1) is 0 Å². The normalized spacial score (nSPS) is 12.7. The smallest absolute Gasteiger partial charge is 0.332 e. The molecule has 8 heteroatoms. The van der Waals surface area contributed by atoms with E-state index in [9.17, 15) is 14.4 Å². The number of para-hydroxylation sites is 1. The lowest BCUT2D eigenvalue weighted by Crippen LogP contribution is -2.38. The first-order valence-corrected chi connectivity index (χ1v) is 8.14. The Labute approximate surface area is 147 Å². The van der Waals surface area contributed by atoms with Crippen molar-refractivity contribution in [2.45, 2.75) is 13.0 Å². The standard InChI is InChI=1S/C18H17N5O3/c1-10(15(24)12-8-19-13-7-5-4-6-11(12)13)23-9-20-16-14(23)17(25)22(3)18(26)21(16)2/h4-10,19H,1-3H3. The van der Waals surface area contributed by atoms with E-state index in [2.05, 4.69) is 9.97 Å². The zero-order valence-corrected chi connectivity index (χ0v) is 14.6. The number of hydrogen-bond donors (Lipinski definition) is 1. The Kier molecular flexibility index (Phi) is 3.43. The van der Waals surface area contributed by atoms with Crippen LogP contribution in [0.3, 0.4) is 0 Å². The maximum absolute atomic E-state index is 13.1. The summed E-state index contributed by atoms with van der Waals surface area (Å²) in [7, 11) is 2.96. The van der Waals surface area contributed by atoms with Crippen molar-refractivity contribution in [2.75, 3.05) is 0 Å². The maximum atomic E-state index is 13.1. The number of rotatable bonds is 3. The quantitative estimate of drug-likeness (QED) is 0.564. The van der Waals surface area contributed by atoms with Crippen LogP contribution in [0.4, 0.5) is 0 Å². The van der Waals surface area contributed by atoms with Crippen molar-refractivity contribution in [3.63, 3.8) is 0 Å². The fourth-order valence-electron chi connectivity index (χ4n) is 3.28. The highest BCUT2D eigenvalue weighted by atomic mass is 16.2. The van der Waals surface area contributed by atoms with Crippen LogP contribution < -0.4 is 11.2 Å². The SMILES string of the molecule is CC(C(=O)c1c[nH]c2ccccc12)n1cnc2c1c(=O)n(C)c(=O)n2C. The third-order valence-corrected chi connectivity index (χ3v) is 4.82. The average molecular weight is 351 g/mol. The Bertz CT molecular complexity index is 1290. The molecule has 1 N–H and O–H groups in total. The van der Waals surface area contributed by atoms with Gasteiger partial charge in [-0.2, -0.15) is 0 Å². The number of ketones is 1. The molecule has 0 radical (unpaired) electrons. The molecule has 8 nitrogen and oxygen atoms in total. The number of H-pyrrole nitrogens is 1. The third kappa shape index (κ3) is 2.08. The van der Waals surface area contributed by atoms with Gasteiger partial charge in [0.15, 0.2) is 16.9 Å². The van der Waals surface area contributed by atoms with Crippen molar-refractivity contribution < 1.29 is 4.79 Å². The van der Waals surface area contributed by atoms with Crippen molar-refractivity contribution in [1.82, 2.24) is 23.7 Å². The first-order chi connectivity index (χ1) is 12.4. The van der Waals surface area contributed by atoms with Crippen molar-refractivity contribution in [3.8, 4) is 0 Å². The molecule has 1 aromatic carbocycles. The second-order valence-electron chi connectivity index (χ2n) is 6.32. The Morgan fingerprint density at radius 2 is 1.88 bits per heavy atom. The number of nitrogens with zero attached hydrogens (tertiary/aromatic N) is 4. The summed E-state index contributed by atoms with van der Waals surface area (Å²) in [4.78, 5) is 45.0. The number of carbonyl (C=O) groups excluding carboxylic acids is 1. The number of aromatic amines is 1. The Hall–Kier alpha value is -3.42. The van der Waals surface area contributed by atoms with Crippen LogP contribution in [0.5, 0.6) is 0 Å². The highest BCUT2D eigenvalue weighted by molar-refractivity contribution is 6.09. The van der Waals surface area contributed by atoms with Crippen molar-refractivity contribution in [2.24, 2.45) is 14.1 Å². The van der Waals surface area contributed by atoms with E-state index in [4.69, 9.17) is 0 Å².